The number of aryl methyl sites for hydroxylation is 1. The third kappa shape index (κ3) is 2.40. The maximum Gasteiger partial charge on any atom is 0.0523 e. The summed E-state index contributed by atoms with van der Waals surface area (Å²) < 4.78 is 1.17. The van der Waals surface area contributed by atoms with Gasteiger partial charge < -0.3 is 10.6 Å². The van der Waals surface area contributed by atoms with E-state index in [4.69, 9.17) is 5.73 Å². The van der Waals surface area contributed by atoms with Crippen LogP contribution in [0.1, 0.15) is 16.9 Å². The number of nitrogens with zero attached hydrogens (tertiary/aromatic N) is 1. The molecule has 0 aliphatic carbocycles. The minimum absolute atomic E-state index is 0.855. The SMILES string of the molecule is Nc1ccc2c(c1)N(Cc1cc(Br)cs1)CCC2. The highest BCUT2D eigenvalue weighted by Gasteiger charge is 2.17. The summed E-state index contributed by atoms with van der Waals surface area (Å²) in [5, 5.41) is 2.14. The van der Waals surface area contributed by atoms with Gasteiger partial charge >= 0.3 is 0 Å². The molecule has 0 fully saturated rings. The molecule has 0 unspecified atom stereocenters. The van der Waals surface area contributed by atoms with Crippen molar-refractivity contribution in [2.24, 2.45) is 0 Å². The summed E-state index contributed by atoms with van der Waals surface area (Å²) in [7, 11) is 0. The van der Waals surface area contributed by atoms with Gasteiger partial charge in [0.05, 0.1) is 6.54 Å². The van der Waals surface area contributed by atoms with Gasteiger partial charge in [-0.3, -0.25) is 0 Å². The van der Waals surface area contributed by atoms with Crippen molar-refractivity contribution >= 4 is 38.6 Å². The summed E-state index contributed by atoms with van der Waals surface area (Å²) in [6, 6.07) is 8.48. The fraction of sp³-hybridized carbons (Fsp3) is 0.286. The molecule has 2 nitrogen and oxygen atoms in total. The molecule has 0 amide bonds. The van der Waals surface area contributed by atoms with Crippen molar-refractivity contribution in [1.82, 2.24) is 0 Å². The number of rotatable bonds is 2. The number of benzene rings is 1. The summed E-state index contributed by atoms with van der Waals surface area (Å²) in [4.78, 5) is 3.82. The van der Waals surface area contributed by atoms with Gasteiger partial charge in [0.2, 0.25) is 0 Å². The molecule has 0 atom stereocenters. The third-order valence-electron chi connectivity index (χ3n) is 3.29. The second-order valence-electron chi connectivity index (χ2n) is 4.64. The quantitative estimate of drug-likeness (QED) is 0.845. The van der Waals surface area contributed by atoms with E-state index in [1.165, 1.54) is 33.4 Å². The molecular weight excluding hydrogens is 308 g/mol. The number of fused-ring (bicyclic) bond motifs is 1. The molecular formula is C14H15BrN2S. The summed E-state index contributed by atoms with van der Waals surface area (Å²) >= 11 is 5.31. The minimum Gasteiger partial charge on any atom is -0.399 e. The van der Waals surface area contributed by atoms with E-state index in [9.17, 15) is 0 Å². The number of hydrogen-bond acceptors (Lipinski definition) is 3. The first kappa shape index (κ1) is 12.1. The first-order chi connectivity index (χ1) is 8.72. The summed E-state index contributed by atoms with van der Waals surface area (Å²) in [5.41, 5.74) is 9.50. The van der Waals surface area contributed by atoms with Crippen LogP contribution in [0.4, 0.5) is 11.4 Å². The van der Waals surface area contributed by atoms with Crippen molar-refractivity contribution < 1.29 is 0 Å². The highest BCUT2D eigenvalue weighted by atomic mass is 79.9. The zero-order valence-corrected chi connectivity index (χ0v) is 12.4. The smallest absolute Gasteiger partial charge is 0.0523 e. The Balaban J connectivity index is 1.88. The van der Waals surface area contributed by atoms with E-state index in [2.05, 4.69) is 44.4 Å². The van der Waals surface area contributed by atoms with Crippen LogP contribution < -0.4 is 10.6 Å². The van der Waals surface area contributed by atoms with E-state index in [-0.39, 0.29) is 0 Å². The maximum absolute atomic E-state index is 5.91. The van der Waals surface area contributed by atoms with E-state index < -0.39 is 0 Å². The van der Waals surface area contributed by atoms with E-state index in [1.54, 1.807) is 11.3 Å². The molecule has 2 aromatic rings. The van der Waals surface area contributed by atoms with Crippen molar-refractivity contribution in [3.63, 3.8) is 0 Å². The van der Waals surface area contributed by atoms with Gasteiger partial charge in [-0.2, -0.15) is 0 Å². The van der Waals surface area contributed by atoms with Crippen molar-refractivity contribution in [2.75, 3.05) is 17.2 Å². The van der Waals surface area contributed by atoms with Gasteiger partial charge in [0.15, 0.2) is 0 Å². The standard InChI is InChI=1S/C14H15BrN2S/c15-11-6-13(18-9-11)8-17-5-1-2-10-3-4-12(16)7-14(10)17/h3-4,6-7,9H,1-2,5,8,16H2. The molecule has 0 saturated heterocycles. The third-order valence-corrected chi connectivity index (χ3v) is 4.98. The van der Waals surface area contributed by atoms with Crippen LogP contribution in [0.15, 0.2) is 34.1 Å². The first-order valence-corrected chi connectivity index (χ1v) is 7.76. The molecule has 0 spiro atoms. The fourth-order valence-corrected chi connectivity index (χ4v) is 3.92. The average molecular weight is 323 g/mol. The largest absolute Gasteiger partial charge is 0.399 e. The van der Waals surface area contributed by atoms with Crippen LogP contribution in [0.2, 0.25) is 0 Å². The van der Waals surface area contributed by atoms with Gasteiger partial charge in [-0.25, -0.2) is 0 Å². The average Bonchev–Trinajstić information content (AvgIpc) is 2.76. The number of nitrogen functional groups attached to an aromatic ring is 1. The lowest BCUT2D eigenvalue weighted by Gasteiger charge is -2.31. The number of anilines is 2. The molecule has 94 valence electrons. The lowest BCUT2D eigenvalue weighted by atomic mass is 10.0. The Bertz CT molecular complexity index is 565. The van der Waals surface area contributed by atoms with Gasteiger partial charge in [-0.05, 0) is 52.5 Å². The molecule has 0 bridgehead atoms. The molecule has 2 heterocycles. The molecule has 18 heavy (non-hydrogen) atoms. The van der Waals surface area contributed by atoms with Crippen molar-refractivity contribution in [1.29, 1.82) is 0 Å². The Hall–Kier alpha value is -1.000. The number of halogens is 1. The Morgan fingerprint density at radius 1 is 1.33 bits per heavy atom. The second-order valence-corrected chi connectivity index (χ2v) is 6.56. The summed E-state index contributed by atoms with van der Waals surface area (Å²) in [6.07, 6.45) is 2.39. The van der Waals surface area contributed by atoms with E-state index in [0.717, 1.165) is 18.8 Å². The number of hydrogen-bond donors (Lipinski definition) is 1. The Labute approximate surface area is 120 Å². The lowest BCUT2D eigenvalue weighted by Crippen LogP contribution is -2.28. The molecule has 1 aromatic carbocycles. The zero-order valence-electron chi connectivity index (χ0n) is 10.0. The lowest BCUT2D eigenvalue weighted by molar-refractivity contribution is 0.695. The van der Waals surface area contributed by atoms with Gasteiger partial charge in [0.25, 0.3) is 0 Å². The monoisotopic (exact) mass is 322 g/mol. The van der Waals surface area contributed by atoms with Crippen LogP contribution in [0.3, 0.4) is 0 Å². The van der Waals surface area contributed by atoms with Crippen LogP contribution in [0.5, 0.6) is 0 Å². The molecule has 3 rings (SSSR count). The molecule has 4 heteroatoms. The second kappa shape index (κ2) is 4.94. The van der Waals surface area contributed by atoms with Crippen molar-refractivity contribution in [3.8, 4) is 0 Å². The molecule has 1 aliphatic rings. The maximum atomic E-state index is 5.91. The molecule has 1 aromatic heterocycles. The van der Waals surface area contributed by atoms with Crippen LogP contribution in [0.25, 0.3) is 0 Å². The Kier molecular flexibility index (Phi) is 3.31. The molecule has 2 N–H and O–H groups in total. The van der Waals surface area contributed by atoms with Crippen LogP contribution >= 0.6 is 27.3 Å². The van der Waals surface area contributed by atoms with Crippen LogP contribution in [0, 0.1) is 0 Å². The highest BCUT2D eigenvalue weighted by Crippen LogP contribution is 2.31. The number of thiophene rings is 1. The van der Waals surface area contributed by atoms with Gasteiger partial charge in [0, 0.05) is 32.6 Å². The van der Waals surface area contributed by atoms with Crippen LogP contribution in [-0.2, 0) is 13.0 Å². The molecule has 1 aliphatic heterocycles. The summed E-state index contributed by atoms with van der Waals surface area (Å²) in [6.45, 7) is 2.10. The molecule has 0 radical (unpaired) electrons. The first-order valence-electron chi connectivity index (χ1n) is 6.08. The van der Waals surface area contributed by atoms with E-state index in [0.29, 0.717) is 0 Å². The number of nitrogens with two attached hydrogens (primary N) is 1. The molecule has 0 saturated carbocycles. The zero-order chi connectivity index (χ0) is 12.5. The normalized spacial score (nSPS) is 14.6. The van der Waals surface area contributed by atoms with Gasteiger partial charge in [-0.15, -0.1) is 11.3 Å². The van der Waals surface area contributed by atoms with E-state index in [1.807, 2.05) is 6.07 Å². The Morgan fingerprint density at radius 3 is 3.00 bits per heavy atom. The van der Waals surface area contributed by atoms with Crippen molar-refractivity contribution in [2.45, 2.75) is 19.4 Å². The fourth-order valence-electron chi connectivity index (χ4n) is 2.46. The predicted molar refractivity (Wildman–Crippen MR) is 82.2 cm³/mol. The minimum atomic E-state index is 0.855. The van der Waals surface area contributed by atoms with Crippen molar-refractivity contribution in [3.05, 3.63) is 44.6 Å². The van der Waals surface area contributed by atoms with Gasteiger partial charge in [-0.1, -0.05) is 6.07 Å². The Morgan fingerprint density at radius 2 is 2.22 bits per heavy atom. The van der Waals surface area contributed by atoms with Crippen LogP contribution in [-0.4, -0.2) is 6.54 Å². The topological polar surface area (TPSA) is 29.3 Å². The summed E-state index contributed by atoms with van der Waals surface area (Å²) in [5.74, 6) is 0. The predicted octanol–water partition coefficient (Wildman–Crippen LogP) is 4.05. The highest BCUT2D eigenvalue weighted by molar-refractivity contribution is 9.10. The van der Waals surface area contributed by atoms with E-state index >= 15 is 0 Å². The van der Waals surface area contributed by atoms with Gasteiger partial charge in [0.1, 0.15) is 0 Å².